The van der Waals surface area contributed by atoms with Crippen molar-refractivity contribution < 1.29 is 23.5 Å². The van der Waals surface area contributed by atoms with Crippen molar-refractivity contribution >= 4 is 29.4 Å². The van der Waals surface area contributed by atoms with Gasteiger partial charge in [-0.25, -0.2) is 13.9 Å². The van der Waals surface area contributed by atoms with Crippen molar-refractivity contribution in [3.63, 3.8) is 0 Å². The van der Waals surface area contributed by atoms with Crippen LogP contribution < -0.4 is 15.2 Å². The molecule has 0 aliphatic carbocycles. The molecule has 3 heterocycles. The standard InChI is InChI=1S/C31H35ClFN5O5/c1-35-29(39)13-12-28(34-35)37-18-24(23-11-10-22(42-2)17-26(23)33)25(19-37)30(40)36-14-4-5-27(20-6-8-21(32)9-7-20)38(16-15-36)31(41)43-3/h6-13,17,24-25,27H,4-5,14-16,18-19H2,1-3H3/t24?,25-,27-/m1/s1. The van der Waals surface area contributed by atoms with Crippen LogP contribution in [0.1, 0.15) is 35.9 Å². The van der Waals surface area contributed by atoms with Crippen LogP contribution in [0.2, 0.25) is 5.02 Å². The molecule has 2 aromatic carbocycles. The quantitative estimate of drug-likeness (QED) is 0.426. The molecule has 1 unspecified atom stereocenters. The Kier molecular flexibility index (Phi) is 9.19. The lowest BCUT2D eigenvalue weighted by Crippen LogP contribution is -2.47. The number of nitrogens with zero attached hydrogens (tertiary/aromatic N) is 5. The third-order valence-corrected chi connectivity index (χ3v) is 8.63. The number of ether oxygens (including phenoxy) is 2. The summed E-state index contributed by atoms with van der Waals surface area (Å²) in [4.78, 5) is 44.4. The molecule has 0 spiro atoms. The number of rotatable bonds is 5. The molecule has 228 valence electrons. The summed E-state index contributed by atoms with van der Waals surface area (Å²) >= 11 is 6.09. The van der Waals surface area contributed by atoms with E-state index < -0.39 is 23.7 Å². The molecule has 3 aromatic rings. The molecule has 0 radical (unpaired) electrons. The lowest BCUT2D eigenvalue weighted by molar-refractivity contribution is -0.136. The summed E-state index contributed by atoms with van der Waals surface area (Å²) in [5, 5.41) is 4.98. The van der Waals surface area contributed by atoms with Crippen molar-refractivity contribution in [2.24, 2.45) is 13.0 Å². The van der Waals surface area contributed by atoms with E-state index >= 15 is 4.39 Å². The van der Waals surface area contributed by atoms with Gasteiger partial charge < -0.3 is 19.3 Å². The Hall–Kier alpha value is -4.12. The van der Waals surface area contributed by atoms with Crippen LogP contribution in [0, 0.1) is 11.7 Å². The minimum Gasteiger partial charge on any atom is -0.497 e. The molecule has 0 bridgehead atoms. The van der Waals surface area contributed by atoms with Crippen LogP contribution in [0.15, 0.2) is 59.4 Å². The fourth-order valence-corrected chi connectivity index (χ4v) is 6.23. The SMILES string of the molecule is COC(=O)N1CCN(C(=O)[C@@H]2CN(c3ccc(=O)n(C)n3)CC2c2ccc(OC)cc2F)CCC[C@@H]1c1ccc(Cl)cc1. The lowest BCUT2D eigenvalue weighted by Gasteiger charge is -2.37. The van der Waals surface area contributed by atoms with Gasteiger partial charge in [-0.1, -0.05) is 29.8 Å². The molecule has 2 fully saturated rings. The number of benzene rings is 2. The summed E-state index contributed by atoms with van der Waals surface area (Å²) in [6.45, 7) is 1.69. The lowest BCUT2D eigenvalue weighted by atomic mass is 9.87. The Morgan fingerprint density at radius 1 is 1.00 bits per heavy atom. The van der Waals surface area contributed by atoms with Gasteiger partial charge in [0.1, 0.15) is 17.4 Å². The first kappa shape index (κ1) is 30.3. The van der Waals surface area contributed by atoms with Crippen LogP contribution >= 0.6 is 11.6 Å². The molecular formula is C31H35ClFN5O5. The molecule has 5 rings (SSSR count). The highest BCUT2D eigenvalue weighted by Crippen LogP contribution is 2.38. The van der Waals surface area contributed by atoms with Crippen molar-refractivity contribution in [3.05, 3.63) is 86.9 Å². The van der Waals surface area contributed by atoms with Gasteiger partial charge in [0, 0.05) is 62.8 Å². The van der Waals surface area contributed by atoms with Gasteiger partial charge in [-0.05, 0) is 48.2 Å². The number of carbonyl (C=O) groups is 2. The highest BCUT2D eigenvalue weighted by molar-refractivity contribution is 6.30. The molecule has 43 heavy (non-hydrogen) atoms. The van der Waals surface area contributed by atoms with E-state index in [0.29, 0.717) is 61.2 Å². The molecule has 0 saturated carbocycles. The first-order valence-electron chi connectivity index (χ1n) is 14.2. The third kappa shape index (κ3) is 6.46. The second-order valence-electron chi connectivity index (χ2n) is 10.9. The van der Waals surface area contributed by atoms with E-state index in [1.807, 2.05) is 17.0 Å². The first-order valence-corrected chi connectivity index (χ1v) is 14.6. The molecular weight excluding hydrogens is 577 g/mol. The van der Waals surface area contributed by atoms with Crippen LogP contribution in [0.4, 0.5) is 15.0 Å². The predicted octanol–water partition coefficient (Wildman–Crippen LogP) is 4.23. The molecule has 2 amide bonds. The van der Waals surface area contributed by atoms with Crippen LogP contribution in [-0.2, 0) is 16.6 Å². The Bertz CT molecular complexity index is 1530. The van der Waals surface area contributed by atoms with E-state index in [1.165, 1.54) is 31.0 Å². The Morgan fingerprint density at radius 2 is 1.77 bits per heavy atom. The molecule has 2 aliphatic heterocycles. The molecule has 2 saturated heterocycles. The molecule has 3 atom stereocenters. The van der Waals surface area contributed by atoms with Crippen molar-refractivity contribution in [3.8, 4) is 5.75 Å². The third-order valence-electron chi connectivity index (χ3n) is 8.38. The number of halogens is 2. The smallest absolute Gasteiger partial charge is 0.410 e. The minimum atomic E-state index is -0.583. The Labute approximate surface area is 254 Å². The van der Waals surface area contributed by atoms with Gasteiger partial charge in [0.25, 0.3) is 5.56 Å². The van der Waals surface area contributed by atoms with E-state index in [1.54, 1.807) is 47.2 Å². The van der Waals surface area contributed by atoms with Crippen molar-refractivity contribution in [2.45, 2.75) is 24.8 Å². The largest absolute Gasteiger partial charge is 0.497 e. The maximum Gasteiger partial charge on any atom is 0.410 e. The maximum absolute atomic E-state index is 15.4. The van der Waals surface area contributed by atoms with E-state index in [0.717, 1.165) is 5.56 Å². The van der Waals surface area contributed by atoms with Crippen LogP contribution in [0.3, 0.4) is 0 Å². The number of carbonyl (C=O) groups excluding carboxylic acids is 2. The summed E-state index contributed by atoms with van der Waals surface area (Å²) in [6, 6.07) is 14.9. The van der Waals surface area contributed by atoms with Gasteiger partial charge >= 0.3 is 6.09 Å². The van der Waals surface area contributed by atoms with Crippen LogP contribution in [-0.4, -0.2) is 78.5 Å². The molecule has 12 heteroatoms. The van der Waals surface area contributed by atoms with Gasteiger partial charge in [0.15, 0.2) is 0 Å². The average Bonchev–Trinajstić information content (AvgIpc) is 3.43. The zero-order valence-electron chi connectivity index (χ0n) is 24.4. The van der Waals surface area contributed by atoms with Gasteiger partial charge in [0.2, 0.25) is 5.91 Å². The van der Waals surface area contributed by atoms with Crippen LogP contribution in [0.25, 0.3) is 0 Å². The molecule has 10 nitrogen and oxygen atoms in total. The summed E-state index contributed by atoms with van der Waals surface area (Å²) in [6.07, 6.45) is 0.795. The maximum atomic E-state index is 15.4. The van der Waals surface area contributed by atoms with Gasteiger partial charge in [-0.3, -0.25) is 14.5 Å². The fraction of sp³-hybridized carbons (Fsp3) is 0.419. The molecule has 0 N–H and O–H groups in total. The van der Waals surface area contributed by atoms with E-state index in [2.05, 4.69) is 5.10 Å². The van der Waals surface area contributed by atoms with Gasteiger partial charge in [0.05, 0.1) is 26.2 Å². The normalized spacial score (nSPS) is 20.9. The Morgan fingerprint density at radius 3 is 2.44 bits per heavy atom. The monoisotopic (exact) mass is 611 g/mol. The van der Waals surface area contributed by atoms with Crippen molar-refractivity contribution in [2.75, 3.05) is 51.8 Å². The first-order chi connectivity index (χ1) is 20.7. The number of methoxy groups -OCH3 is 2. The molecule has 2 aliphatic rings. The number of amides is 2. The van der Waals surface area contributed by atoms with E-state index in [9.17, 15) is 14.4 Å². The van der Waals surface area contributed by atoms with Gasteiger partial charge in [-0.2, -0.15) is 5.10 Å². The van der Waals surface area contributed by atoms with E-state index in [4.69, 9.17) is 21.1 Å². The number of hydrogen-bond donors (Lipinski definition) is 0. The van der Waals surface area contributed by atoms with Crippen molar-refractivity contribution in [1.29, 1.82) is 0 Å². The topological polar surface area (TPSA) is 97.2 Å². The van der Waals surface area contributed by atoms with Gasteiger partial charge in [-0.15, -0.1) is 0 Å². The zero-order valence-corrected chi connectivity index (χ0v) is 25.2. The fourth-order valence-electron chi connectivity index (χ4n) is 6.10. The summed E-state index contributed by atoms with van der Waals surface area (Å²) in [5.41, 5.74) is 1.11. The average molecular weight is 612 g/mol. The second kappa shape index (κ2) is 13.0. The number of aromatic nitrogens is 2. The van der Waals surface area contributed by atoms with Crippen molar-refractivity contribution in [1.82, 2.24) is 19.6 Å². The number of aryl methyl sites for hydroxylation is 1. The zero-order chi connectivity index (χ0) is 30.7. The second-order valence-corrected chi connectivity index (χ2v) is 11.3. The summed E-state index contributed by atoms with van der Waals surface area (Å²) < 4.78 is 26.9. The van der Waals surface area contributed by atoms with E-state index in [-0.39, 0.29) is 24.1 Å². The predicted molar refractivity (Wildman–Crippen MR) is 160 cm³/mol. The minimum absolute atomic E-state index is 0.123. The number of anilines is 1. The highest BCUT2D eigenvalue weighted by Gasteiger charge is 2.43. The van der Waals surface area contributed by atoms with Crippen LogP contribution in [0.5, 0.6) is 5.75 Å². The summed E-state index contributed by atoms with van der Waals surface area (Å²) in [7, 11) is 4.38. The highest BCUT2D eigenvalue weighted by atomic mass is 35.5. The Balaban J connectivity index is 1.42. The number of hydrogen-bond acceptors (Lipinski definition) is 7. The molecule has 1 aromatic heterocycles. The summed E-state index contributed by atoms with van der Waals surface area (Å²) in [5.74, 6) is -0.705.